The predicted octanol–water partition coefficient (Wildman–Crippen LogP) is 3.85. The van der Waals surface area contributed by atoms with Crippen molar-refractivity contribution in [1.82, 2.24) is 9.97 Å². The number of aliphatic hydroxyl groups excluding tert-OH is 1. The number of para-hydroxylation sites is 1. The molecule has 0 atom stereocenters. The first-order valence-electron chi connectivity index (χ1n) is 10.8. The van der Waals surface area contributed by atoms with Gasteiger partial charge in [0.05, 0.1) is 23.7 Å². The van der Waals surface area contributed by atoms with Gasteiger partial charge in [0, 0.05) is 44.1 Å². The van der Waals surface area contributed by atoms with E-state index in [1.54, 1.807) is 30.1 Å². The number of nitrogens with one attached hydrogen (secondary N) is 1. The van der Waals surface area contributed by atoms with Crippen LogP contribution in [0.3, 0.4) is 0 Å². The predicted molar refractivity (Wildman–Crippen MR) is 127 cm³/mol. The average molecular weight is 431 g/mol. The van der Waals surface area contributed by atoms with Gasteiger partial charge in [-0.3, -0.25) is 9.80 Å². The number of amides is 2. The van der Waals surface area contributed by atoms with Crippen LogP contribution in [0, 0.1) is 0 Å². The normalized spacial score (nSPS) is 16.5. The Labute approximate surface area is 187 Å². The van der Waals surface area contributed by atoms with Gasteiger partial charge in [0.1, 0.15) is 5.69 Å². The smallest absolute Gasteiger partial charge is 0.328 e. The van der Waals surface area contributed by atoms with Crippen LogP contribution >= 0.6 is 0 Å². The number of carbonyl (C=O) groups is 1. The molecular formula is C24H26N6O2. The van der Waals surface area contributed by atoms with Gasteiger partial charge in [-0.25, -0.2) is 14.8 Å². The summed E-state index contributed by atoms with van der Waals surface area (Å²) in [7, 11) is 3.50. The highest BCUT2D eigenvalue weighted by Gasteiger charge is 2.28. The first kappa shape index (κ1) is 20.3. The molecule has 8 heteroatoms. The zero-order valence-corrected chi connectivity index (χ0v) is 18.2. The van der Waals surface area contributed by atoms with E-state index in [1.807, 2.05) is 36.4 Å². The fraction of sp³-hybridized carbons (Fsp3) is 0.292. The molecule has 0 aliphatic carbocycles. The SMILES string of the molecule is CN1C(=O)N(C)c2cnc(Nc3ccc(N4CCC(O)CC4)cc3)nc2-c2ccccc21. The Morgan fingerprint density at radius 1 is 0.969 bits per heavy atom. The van der Waals surface area contributed by atoms with Gasteiger partial charge in [0.15, 0.2) is 0 Å². The Hall–Kier alpha value is -3.65. The third-order valence-electron chi connectivity index (χ3n) is 6.18. The topological polar surface area (TPSA) is 84.8 Å². The second kappa shape index (κ2) is 8.12. The van der Waals surface area contributed by atoms with Crippen LogP contribution in [0.1, 0.15) is 12.8 Å². The average Bonchev–Trinajstić information content (AvgIpc) is 2.90. The van der Waals surface area contributed by atoms with Crippen molar-refractivity contribution >= 4 is 34.7 Å². The molecule has 1 aromatic heterocycles. The van der Waals surface area contributed by atoms with E-state index in [-0.39, 0.29) is 12.1 Å². The van der Waals surface area contributed by atoms with E-state index < -0.39 is 0 Å². The monoisotopic (exact) mass is 430 g/mol. The molecule has 0 unspecified atom stereocenters. The van der Waals surface area contributed by atoms with Crippen LogP contribution in [0.2, 0.25) is 0 Å². The Morgan fingerprint density at radius 3 is 2.41 bits per heavy atom. The number of hydrogen-bond donors (Lipinski definition) is 2. The van der Waals surface area contributed by atoms with Crippen molar-refractivity contribution < 1.29 is 9.90 Å². The van der Waals surface area contributed by atoms with Crippen LogP contribution in [-0.2, 0) is 0 Å². The van der Waals surface area contributed by atoms with Gasteiger partial charge in [0.25, 0.3) is 0 Å². The van der Waals surface area contributed by atoms with Crippen molar-refractivity contribution in [3.05, 3.63) is 54.7 Å². The molecule has 2 aromatic carbocycles. The van der Waals surface area contributed by atoms with Gasteiger partial charge in [0.2, 0.25) is 5.95 Å². The fourth-order valence-corrected chi connectivity index (χ4v) is 4.29. The van der Waals surface area contributed by atoms with Gasteiger partial charge < -0.3 is 15.3 Å². The van der Waals surface area contributed by atoms with E-state index in [9.17, 15) is 9.90 Å². The van der Waals surface area contributed by atoms with Crippen molar-refractivity contribution in [2.75, 3.05) is 47.2 Å². The molecule has 2 amide bonds. The van der Waals surface area contributed by atoms with Gasteiger partial charge in [-0.15, -0.1) is 0 Å². The molecule has 1 fully saturated rings. The number of aromatic nitrogens is 2. The number of nitrogens with zero attached hydrogens (tertiary/aromatic N) is 5. The van der Waals surface area contributed by atoms with Gasteiger partial charge in [-0.2, -0.15) is 0 Å². The van der Waals surface area contributed by atoms with Crippen LogP contribution in [0.4, 0.5) is 33.5 Å². The summed E-state index contributed by atoms with van der Waals surface area (Å²) in [6, 6.07) is 15.8. The Bertz CT molecular complexity index is 1140. The van der Waals surface area contributed by atoms with Crippen molar-refractivity contribution in [1.29, 1.82) is 0 Å². The molecular weight excluding hydrogens is 404 g/mol. The van der Waals surface area contributed by atoms with E-state index >= 15 is 0 Å². The zero-order valence-electron chi connectivity index (χ0n) is 18.2. The second-order valence-electron chi connectivity index (χ2n) is 8.24. The summed E-state index contributed by atoms with van der Waals surface area (Å²) in [6.07, 6.45) is 3.11. The first-order chi connectivity index (χ1) is 15.5. The van der Waals surface area contributed by atoms with E-state index in [2.05, 4.69) is 27.3 Å². The molecule has 8 nitrogen and oxygen atoms in total. The number of aliphatic hydroxyl groups is 1. The lowest BCUT2D eigenvalue weighted by Crippen LogP contribution is -2.38. The number of fused-ring (bicyclic) bond motifs is 3. The molecule has 0 radical (unpaired) electrons. The number of urea groups is 1. The van der Waals surface area contributed by atoms with Gasteiger partial charge in [-0.05, 0) is 43.2 Å². The van der Waals surface area contributed by atoms with E-state index in [4.69, 9.17) is 4.98 Å². The standard InChI is InChI=1S/C24H26N6O2/c1-28-20-6-4-3-5-19(20)22-21(29(2)24(28)32)15-25-23(27-22)26-16-7-9-17(10-8-16)30-13-11-18(31)12-14-30/h3-10,15,18,31H,11-14H2,1-2H3,(H,25,26,27). The summed E-state index contributed by atoms with van der Waals surface area (Å²) in [5.41, 5.74) is 5.10. The third kappa shape index (κ3) is 3.62. The maximum Gasteiger partial charge on any atom is 0.328 e. The molecule has 32 heavy (non-hydrogen) atoms. The lowest BCUT2D eigenvalue weighted by molar-refractivity contribution is 0.145. The highest BCUT2D eigenvalue weighted by Crippen LogP contribution is 2.39. The van der Waals surface area contributed by atoms with Crippen LogP contribution in [-0.4, -0.2) is 54.4 Å². The molecule has 0 spiro atoms. The number of anilines is 5. The number of rotatable bonds is 3. The molecule has 0 saturated carbocycles. The van der Waals surface area contributed by atoms with E-state index in [1.165, 1.54) is 0 Å². The molecule has 0 bridgehead atoms. The largest absolute Gasteiger partial charge is 0.393 e. The lowest BCUT2D eigenvalue weighted by Gasteiger charge is -2.31. The van der Waals surface area contributed by atoms with Crippen molar-refractivity contribution in [2.24, 2.45) is 0 Å². The molecule has 1 saturated heterocycles. The highest BCUT2D eigenvalue weighted by molar-refractivity contribution is 6.10. The maximum atomic E-state index is 12.8. The van der Waals surface area contributed by atoms with Crippen LogP contribution in [0.25, 0.3) is 11.3 Å². The quantitative estimate of drug-likeness (QED) is 0.657. The molecule has 164 valence electrons. The van der Waals surface area contributed by atoms with Crippen LogP contribution in [0.15, 0.2) is 54.7 Å². The summed E-state index contributed by atoms with van der Waals surface area (Å²) in [5.74, 6) is 0.470. The van der Waals surface area contributed by atoms with E-state index in [0.29, 0.717) is 17.3 Å². The van der Waals surface area contributed by atoms with Crippen LogP contribution < -0.4 is 20.0 Å². The third-order valence-corrected chi connectivity index (χ3v) is 6.18. The number of benzene rings is 2. The molecule has 3 aromatic rings. The molecule has 2 aliphatic rings. The fourth-order valence-electron chi connectivity index (χ4n) is 4.29. The summed E-state index contributed by atoms with van der Waals surface area (Å²) in [4.78, 5) is 27.5. The summed E-state index contributed by atoms with van der Waals surface area (Å²) in [6.45, 7) is 1.73. The van der Waals surface area contributed by atoms with Crippen molar-refractivity contribution in [3.8, 4) is 11.3 Å². The Balaban J connectivity index is 1.42. The minimum atomic E-state index is -0.184. The van der Waals surface area contributed by atoms with Crippen LogP contribution in [0.5, 0.6) is 0 Å². The minimum Gasteiger partial charge on any atom is -0.393 e. The number of hydrogen-bond acceptors (Lipinski definition) is 6. The lowest BCUT2D eigenvalue weighted by atomic mass is 10.1. The second-order valence-corrected chi connectivity index (χ2v) is 8.24. The first-order valence-corrected chi connectivity index (χ1v) is 10.8. The highest BCUT2D eigenvalue weighted by atomic mass is 16.3. The summed E-state index contributed by atoms with van der Waals surface area (Å²) >= 11 is 0. The summed E-state index contributed by atoms with van der Waals surface area (Å²) in [5, 5.41) is 13.0. The van der Waals surface area contributed by atoms with Gasteiger partial charge in [-0.1, -0.05) is 18.2 Å². The minimum absolute atomic E-state index is 0.138. The van der Waals surface area contributed by atoms with Crippen molar-refractivity contribution in [3.63, 3.8) is 0 Å². The van der Waals surface area contributed by atoms with Gasteiger partial charge >= 0.3 is 6.03 Å². The molecule has 5 rings (SSSR count). The Morgan fingerprint density at radius 2 is 1.66 bits per heavy atom. The molecule has 3 heterocycles. The maximum absolute atomic E-state index is 12.8. The number of piperidine rings is 1. The summed E-state index contributed by atoms with van der Waals surface area (Å²) < 4.78 is 0. The van der Waals surface area contributed by atoms with Crippen molar-refractivity contribution in [2.45, 2.75) is 18.9 Å². The zero-order chi connectivity index (χ0) is 22.2. The van der Waals surface area contributed by atoms with E-state index in [0.717, 1.165) is 48.6 Å². The molecule has 2 aliphatic heterocycles. The number of carbonyl (C=O) groups excluding carboxylic acids is 1. The molecule has 2 N–H and O–H groups in total. The Kier molecular flexibility index (Phi) is 5.14.